The molecule has 0 fully saturated rings. The first kappa shape index (κ1) is 67.9. The zero-order valence-electron chi connectivity index (χ0n) is 38.1. The summed E-state index contributed by atoms with van der Waals surface area (Å²) in [5, 5.41) is 0. The van der Waals surface area contributed by atoms with Crippen molar-refractivity contribution in [3.05, 3.63) is 0 Å². The zero-order chi connectivity index (χ0) is 41.5. The molecule has 0 N–H and O–H groups in total. The van der Waals surface area contributed by atoms with E-state index in [2.05, 4.69) is 189 Å². The minimum atomic E-state index is -1.53. The average molecular weight is 942 g/mol. The molecule has 2 aliphatic heterocycles. The third-order valence-electron chi connectivity index (χ3n) is 5.52. The topological polar surface area (TPSA) is 99.5 Å². The number of hydrogen-bond acceptors (Lipinski definition) is 12. The summed E-state index contributed by atoms with van der Waals surface area (Å²) in [6.07, 6.45) is 2.62. The van der Waals surface area contributed by atoms with Gasteiger partial charge < -0.3 is 19.6 Å². The van der Waals surface area contributed by atoms with Gasteiger partial charge in [-0.05, 0) is 196 Å². The molecule has 0 spiro atoms. The van der Waals surface area contributed by atoms with Gasteiger partial charge in [-0.3, -0.25) is 0 Å². The highest BCUT2D eigenvalue weighted by Gasteiger charge is 2.21. The molecule has 0 saturated heterocycles. The van der Waals surface area contributed by atoms with Crippen LogP contribution in [-0.2, 0) is 11.8 Å². The van der Waals surface area contributed by atoms with Gasteiger partial charge in [0.05, 0.1) is 50.4 Å². The maximum absolute atomic E-state index is 4.98. The first-order chi connectivity index (χ1) is 22.2. The van der Waals surface area contributed by atoms with Gasteiger partial charge in [-0.1, -0.05) is 40.1 Å². The Morgan fingerprint density at radius 1 is 0.333 bits per heavy atom. The molecule has 2 aliphatic rings. The SMILES string of the molecule is C.C.C.CN(C)CCCCN(C)C.CN(C)CCN(C)C.CP(C)(C)=S.CP1(C)=NP(C)(C)=NP(C)(C)=N1.CP1(C)=NP(C)(C)=NP(C)(C)=NP(C)(C)=N1. The van der Waals surface area contributed by atoms with E-state index in [1.54, 1.807) is 0 Å². The largest absolute Gasteiger partial charge is 0.309 e. The van der Waals surface area contributed by atoms with Gasteiger partial charge in [0.15, 0.2) is 0 Å². The Morgan fingerprint density at radius 2 is 0.444 bits per heavy atom. The second-order valence-corrected chi connectivity index (χ2v) is 48.6. The van der Waals surface area contributed by atoms with Crippen molar-refractivity contribution in [3.63, 3.8) is 0 Å². The lowest BCUT2D eigenvalue weighted by molar-refractivity contribution is 0.320. The predicted molar refractivity (Wildman–Crippen MR) is 284 cm³/mol. The lowest BCUT2D eigenvalue weighted by Gasteiger charge is -2.26. The molecule has 54 heavy (non-hydrogen) atoms. The molecule has 0 saturated carbocycles. The molecule has 0 bridgehead atoms. The summed E-state index contributed by atoms with van der Waals surface area (Å²) in [7, 11) is 6.74. The highest BCUT2D eigenvalue weighted by atomic mass is 32.4. The molecule has 0 aromatic carbocycles. The lowest BCUT2D eigenvalue weighted by Crippen LogP contribution is -2.25. The second kappa shape index (κ2) is 28.6. The van der Waals surface area contributed by atoms with Crippen molar-refractivity contribution in [2.24, 2.45) is 31.6 Å². The molecule has 20 heteroatoms. The van der Waals surface area contributed by atoms with Crippen molar-refractivity contribution >= 4 is 68.3 Å². The molecule has 336 valence electrons. The van der Waals surface area contributed by atoms with E-state index in [1.807, 2.05) is 0 Å². The van der Waals surface area contributed by atoms with E-state index < -0.39 is 56.5 Å². The summed E-state index contributed by atoms with van der Waals surface area (Å²) in [6, 6.07) is -0.806. The van der Waals surface area contributed by atoms with Gasteiger partial charge >= 0.3 is 0 Å². The number of unbranched alkanes of at least 4 members (excludes halogenated alkanes) is 1. The highest BCUT2D eigenvalue weighted by Crippen LogP contribution is 2.73. The maximum Gasteiger partial charge on any atom is 0.0750 e. The van der Waals surface area contributed by atoms with Gasteiger partial charge in [0.1, 0.15) is 0 Å². The van der Waals surface area contributed by atoms with E-state index in [0.717, 1.165) is 13.1 Å². The Kier molecular flexibility index (Phi) is 35.9. The summed E-state index contributed by atoms with van der Waals surface area (Å²) in [5.41, 5.74) is 0. The summed E-state index contributed by atoms with van der Waals surface area (Å²) in [4.78, 5) is 8.82. The number of hydrogen-bond donors (Lipinski definition) is 0. The van der Waals surface area contributed by atoms with Crippen molar-refractivity contribution < 1.29 is 0 Å². The smallest absolute Gasteiger partial charge is 0.0750 e. The van der Waals surface area contributed by atoms with Crippen LogP contribution in [-0.4, -0.2) is 215 Å². The van der Waals surface area contributed by atoms with Gasteiger partial charge in [0.25, 0.3) is 0 Å². The van der Waals surface area contributed by atoms with Crippen molar-refractivity contribution in [2.45, 2.75) is 35.1 Å². The van der Waals surface area contributed by atoms with E-state index >= 15 is 0 Å². The van der Waals surface area contributed by atoms with Crippen molar-refractivity contribution in [1.82, 2.24) is 19.6 Å². The van der Waals surface area contributed by atoms with Gasteiger partial charge in [-0.25, -0.2) is 31.6 Å². The van der Waals surface area contributed by atoms with Crippen LogP contribution in [0, 0.1) is 0 Å². The van der Waals surface area contributed by atoms with Crippen LogP contribution in [0.5, 0.6) is 0 Å². The Hall–Kier alpha value is 2.10. The highest BCUT2D eigenvalue weighted by molar-refractivity contribution is 8.13. The number of rotatable bonds is 8. The van der Waals surface area contributed by atoms with Crippen molar-refractivity contribution in [1.29, 1.82) is 0 Å². The monoisotopic (exact) mass is 942 g/mol. The Bertz CT molecular complexity index is 1260. The van der Waals surface area contributed by atoms with Crippen LogP contribution in [0.15, 0.2) is 31.6 Å². The Labute approximate surface area is 348 Å². The molecular weight excluding hydrogens is 842 g/mol. The third kappa shape index (κ3) is 48.5. The molecule has 0 unspecified atom stereocenters. The van der Waals surface area contributed by atoms with Crippen LogP contribution >= 0.6 is 56.5 Å². The van der Waals surface area contributed by atoms with Crippen LogP contribution in [0.3, 0.4) is 0 Å². The Balaban J connectivity index is -0.000000137. The van der Waals surface area contributed by atoms with Crippen LogP contribution < -0.4 is 0 Å². The molecular formula is C34H99N11P8S. The Morgan fingerprint density at radius 3 is 0.537 bits per heavy atom. The maximum atomic E-state index is 4.98. The predicted octanol–water partition coefficient (Wildman–Crippen LogP) is 13.9. The van der Waals surface area contributed by atoms with Gasteiger partial charge in [-0.2, -0.15) is 0 Å². The van der Waals surface area contributed by atoms with Crippen molar-refractivity contribution in [2.75, 3.05) is 196 Å². The van der Waals surface area contributed by atoms with E-state index in [-0.39, 0.29) is 22.3 Å². The molecule has 0 aromatic rings. The lowest BCUT2D eigenvalue weighted by atomic mass is 10.3. The number of likely N-dealkylation sites (N-methyl/N-ethyl adjacent to an activating group) is 2. The molecule has 0 aliphatic carbocycles. The third-order valence-corrected chi connectivity index (χ3v) is 30.0. The molecule has 2 rings (SSSR count). The number of nitrogens with zero attached hydrogens (tertiary/aromatic N) is 11. The summed E-state index contributed by atoms with van der Waals surface area (Å²) >= 11 is 4.94. The fourth-order valence-corrected chi connectivity index (χ4v) is 38.4. The fourth-order valence-electron chi connectivity index (χ4n) is 5.13. The van der Waals surface area contributed by atoms with E-state index in [4.69, 9.17) is 43.4 Å². The van der Waals surface area contributed by atoms with Crippen LogP contribution in [0.4, 0.5) is 0 Å². The fraction of sp³-hybridized carbons (Fsp3) is 1.00. The van der Waals surface area contributed by atoms with Gasteiger partial charge in [0, 0.05) is 13.1 Å². The van der Waals surface area contributed by atoms with Crippen LogP contribution in [0.1, 0.15) is 35.1 Å². The van der Waals surface area contributed by atoms with Gasteiger partial charge in [-0.15, -0.1) is 0 Å². The first-order valence-corrected chi connectivity index (χ1v) is 39.7. The van der Waals surface area contributed by atoms with Crippen LogP contribution in [0.2, 0.25) is 0 Å². The first-order valence-electron chi connectivity index (χ1n) is 17.4. The van der Waals surface area contributed by atoms with Crippen molar-refractivity contribution in [3.8, 4) is 0 Å². The van der Waals surface area contributed by atoms with Gasteiger partial charge in [0.2, 0.25) is 0 Å². The molecule has 0 aromatic heterocycles. The summed E-state index contributed by atoms with van der Waals surface area (Å²) in [6.45, 7) is 41.6. The average Bonchev–Trinajstić information content (AvgIpc) is 2.73. The molecule has 2 heterocycles. The molecule has 0 amide bonds. The second-order valence-electron chi connectivity index (χ2n) is 17.8. The van der Waals surface area contributed by atoms with E-state index in [0.29, 0.717) is 0 Å². The van der Waals surface area contributed by atoms with Crippen LogP contribution in [0.25, 0.3) is 0 Å². The zero-order valence-corrected chi connectivity index (χ0v) is 46.1. The van der Waals surface area contributed by atoms with E-state index in [9.17, 15) is 0 Å². The minimum Gasteiger partial charge on any atom is -0.309 e. The molecule has 0 radical (unpaired) electrons. The quantitative estimate of drug-likeness (QED) is 0.178. The molecule has 11 nitrogen and oxygen atoms in total. The standard InChI is InChI=1S/C8H24N4P4.C8H20N2.C6H18N3P3.C6H16N2.C3H9PS.3CH4/c1-13(2)9-14(3,4)11-16(7,8)12-15(5,6)10-13;1-9(2)7-5-6-8-10(3)4;1-10(2)7-11(3,4)9-12(5,6)8-10;1-7(2)5-6-8(3)4;1-4(2,3)5;;;/h1-8H3;5-8H2,1-4H3;1-6H3;5-6H2,1-4H3;1-3H3;3*1H4. The molecule has 0 atom stereocenters. The minimum absolute atomic E-state index is 0. The normalized spacial score (nSPS) is 20.2. The van der Waals surface area contributed by atoms with E-state index in [1.165, 1.54) is 25.9 Å². The summed E-state index contributed by atoms with van der Waals surface area (Å²) < 4.78 is 34.2. The summed E-state index contributed by atoms with van der Waals surface area (Å²) in [5.74, 6) is 0.